The van der Waals surface area contributed by atoms with Crippen LogP contribution in [0.3, 0.4) is 0 Å². The molecule has 0 bridgehead atoms. The Hall–Kier alpha value is -2.17. The van der Waals surface area contributed by atoms with Crippen molar-refractivity contribution in [2.24, 2.45) is 0 Å². The van der Waals surface area contributed by atoms with Crippen LogP contribution in [0.15, 0.2) is 18.2 Å². The van der Waals surface area contributed by atoms with Crippen LogP contribution < -0.4 is 5.32 Å². The summed E-state index contributed by atoms with van der Waals surface area (Å²) in [6.07, 6.45) is 0. The molecule has 0 fully saturated rings. The van der Waals surface area contributed by atoms with Crippen molar-refractivity contribution in [2.75, 3.05) is 14.1 Å². The largest absolute Gasteiger partial charge is 0.355 e. The second-order valence-electron chi connectivity index (χ2n) is 3.51. The molecule has 0 atom stereocenters. The lowest BCUT2D eigenvalue weighted by atomic mass is 10.1. The molecule has 3 amide bonds. The van der Waals surface area contributed by atoms with Gasteiger partial charge in [-0.2, -0.15) is 0 Å². The molecule has 1 aliphatic rings. The van der Waals surface area contributed by atoms with E-state index in [0.29, 0.717) is 11.1 Å². The zero-order chi connectivity index (χ0) is 11.9. The summed E-state index contributed by atoms with van der Waals surface area (Å²) in [4.78, 5) is 35.6. The summed E-state index contributed by atoms with van der Waals surface area (Å²) in [5.41, 5.74) is 1.01. The van der Waals surface area contributed by atoms with Crippen LogP contribution in [0.5, 0.6) is 0 Å². The van der Waals surface area contributed by atoms with Gasteiger partial charge in [-0.3, -0.25) is 19.3 Å². The van der Waals surface area contributed by atoms with E-state index in [-0.39, 0.29) is 24.7 Å². The standard InChI is InChI=1S/C11H10N2O3.H2/c1-12-9(14)6-3-4-7-8(5-6)11(16)13(2)10(7)15;/h3-5H,1-2H3,(H,12,14);1H. The fraction of sp³-hybridized carbons (Fsp3) is 0.182. The van der Waals surface area contributed by atoms with Crippen LogP contribution in [0.1, 0.15) is 32.5 Å². The van der Waals surface area contributed by atoms with Crippen LogP contribution in [0.4, 0.5) is 0 Å². The summed E-state index contributed by atoms with van der Waals surface area (Å²) < 4.78 is 0. The smallest absolute Gasteiger partial charge is 0.261 e. The van der Waals surface area contributed by atoms with Gasteiger partial charge in [0.15, 0.2) is 0 Å². The van der Waals surface area contributed by atoms with Crippen molar-refractivity contribution in [3.63, 3.8) is 0 Å². The number of imide groups is 1. The van der Waals surface area contributed by atoms with Crippen LogP contribution >= 0.6 is 0 Å². The highest BCUT2D eigenvalue weighted by molar-refractivity contribution is 6.21. The molecule has 0 radical (unpaired) electrons. The molecule has 2 rings (SSSR count). The maximum absolute atomic E-state index is 11.6. The van der Waals surface area contributed by atoms with Crippen molar-refractivity contribution in [1.82, 2.24) is 10.2 Å². The summed E-state index contributed by atoms with van der Waals surface area (Å²) >= 11 is 0. The number of hydrogen-bond acceptors (Lipinski definition) is 3. The SMILES string of the molecule is CNC(=O)c1ccc2c(c1)C(=O)N(C)C2=O.[HH]. The van der Waals surface area contributed by atoms with Gasteiger partial charge in [0.05, 0.1) is 11.1 Å². The number of benzene rings is 1. The minimum atomic E-state index is -0.370. The van der Waals surface area contributed by atoms with E-state index in [1.54, 1.807) is 0 Å². The topological polar surface area (TPSA) is 66.5 Å². The van der Waals surface area contributed by atoms with Gasteiger partial charge >= 0.3 is 0 Å². The predicted molar refractivity (Wildman–Crippen MR) is 58.4 cm³/mol. The highest BCUT2D eigenvalue weighted by atomic mass is 16.2. The third-order valence-corrected chi connectivity index (χ3v) is 2.58. The van der Waals surface area contributed by atoms with Crippen LogP contribution in [0.2, 0.25) is 0 Å². The Kier molecular flexibility index (Phi) is 2.23. The van der Waals surface area contributed by atoms with Gasteiger partial charge in [0.2, 0.25) is 0 Å². The second kappa shape index (κ2) is 3.44. The molecule has 1 N–H and O–H groups in total. The first kappa shape index (κ1) is 10.4. The van der Waals surface area contributed by atoms with Crippen molar-refractivity contribution in [2.45, 2.75) is 0 Å². The number of carbonyl (C=O) groups excluding carboxylic acids is 3. The molecule has 16 heavy (non-hydrogen) atoms. The lowest BCUT2D eigenvalue weighted by molar-refractivity contribution is 0.0693. The Morgan fingerprint density at radius 2 is 1.88 bits per heavy atom. The van der Waals surface area contributed by atoms with Crippen molar-refractivity contribution >= 4 is 17.7 Å². The summed E-state index contributed by atoms with van der Waals surface area (Å²) in [5.74, 6) is -0.980. The summed E-state index contributed by atoms with van der Waals surface area (Å²) in [7, 11) is 2.93. The van der Waals surface area contributed by atoms with E-state index >= 15 is 0 Å². The first-order valence-electron chi connectivity index (χ1n) is 4.74. The Bertz CT molecular complexity index is 513. The van der Waals surface area contributed by atoms with Gasteiger partial charge in [-0.1, -0.05) is 0 Å². The van der Waals surface area contributed by atoms with E-state index in [2.05, 4.69) is 5.32 Å². The van der Waals surface area contributed by atoms with Gasteiger partial charge in [0, 0.05) is 21.1 Å². The lowest BCUT2D eigenvalue weighted by Crippen LogP contribution is -2.24. The minimum absolute atomic E-state index is 0. The third kappa shape index (κ3) is 1.29. The molecule has 0 aliphatic carbocycles. The van der Waals surface area contributed by atoms with Crippen molar-refractivity contribution in [3.05, 3.63) is 34.9 Å². The van der Waals surface area contributed by atoms with Gasteiger partial charge in [-0.15, -0.1) is 0 Å². The van der Waals surface area contributed by atoms with Gasteiger partial charge in [-0.05, 0) is 18.2 Å². The molecule has 1 aromatic rings. The Morgan fingerprint density at radius 3 is 2.50 bits per heavy atom. The lowest BCUT2D eigenvalue weighted by Gasteiger charge is -2.02. The van der Waals surface area contributed by atoms with Gasteiger partial charge in [-0.25, -0.2) is 0 Å². The molecule has 84 valence electrons. The number of hydrogen-bond donors (Lipinski definition) is 1. The van der Waals surface area contributed by atoms with E-state index in [0.717, 1.165) is 4.90 Å². The van der Waals surface area contributed by atoms with E-state index in [1.807, 2.05) is 0 Å². The predicted octanol–water partition coefficient (Wildman–Crippen LogP) is 0.518. The van der Waals surface area contributed by atoms with Gasteiger partial charge in [0.1, 0.15) is 0 Å². The van der Waals surface area contributed by atoms with Gasteiger partial charge in [0.25, 0.3) is 17.7 Å². The molecule has 1 heterocycles. The summed E-state index contributed by atoms with van der Waals surface area (Å²) in [6, 6.07) is 4.48. The van der Waals surface area contributed by atoms with Crippen molar-refractivity contribution in [3.8, 4) is 0 Å². The Labute approximate surface area is 93.5 Å². The normalized spacial score (nSPS) is 14.0. The maximum atomic E-state index is 11.6. The minimum Gasteiger partial charge on any atom is -0.355 e. The van der Waals surface area contributed by atoms with Crippen LogP contribution in [-0.2, 0) is 0 Å². The molecule has 1 aliphatic heterocycles. The Morgan fingerprint density at radius 1 is 1.25 bits per heavy atom. The Balaban J connectivity index is 0.00000144. The maximum Gasteiger partial charge on any atom is 0.261 e. The van der Waals surface area contributed by atoms with Crippen LogP contribution in [0.25, 0.3) is 0 Å². The number of nitrogens with zero attached hydrogens (tertiary/aromatic N) is 1. The zero-order valence-electron chi connectivity index (χ0n) is 8.90. The van der Waals surface area contributed by atoms with E-state index in [4.69, 9.17) is 0 Å². The first-order valence-corrected chi connectivity index (χ1v) is 4.74. The molecule has 5 heteroatoms. The highest BCUT2D eigenvalue weighted by Gasteiger charge is 2.32. The summed E-state index contributed by atoms with van der Waals surface area (Å²) in [5, 5.41) is 2.46. The quantitative estimate of drug-likeness (QED) is 0.701. The molecule has 0 unspecified atom stereocenters. The van der Waals surface area contributed by atoms with E-state index < -0.39 is 0 Å². The first-order chi connectivity index (χ1) is 7.56. The van der Waals surface area contributed by atoms with E-state index in [1.165, 1.54) is 32.3 Å². The van der Waals surface area contributed by atoms with Crippen LogP contribution in [-0.4, -0.2) is 36.7 Å². The molecule has 1 aromatic carbocycles. The van der Waals surface area contributed by atoms with Gasteiger partial charge < -0.3 is 5.32 Å². The number of fused-ring (bicyclic) bond motifs is 1. The zero-order valence-corrected chi connectivity index (χ0v) is 8.90. The molecular weight excluding hydrogens is 208 g/mol. The molecule has 0 saturated carbocycles. The second-order valence-corrected chi connectivity index (χ2v) is 3.51. The molecule has 0 aromatic heterocycles. The van der Waals surface area contributed by atoms with E-state index in [9.17, 15) is 14.4 Å². The molecule has 5 nitrogen and oxygen atoms in total. The fourth-order valence-electron chi connectivity index (χ4n) is 1.65. The average Bonchev–Trinajstić information content (AvgIpc) is 2.53. The number of rotatable bonds is 1. The number of amides is 3. The average molecular weight is 220 g/mol. The molecule has 0 saturated heterocycles. The summed E-state index contributed by atoms with van der Waals surface area (Å²) in [6.45, 7) is 0. The van der Waals surface area contributed by atoms with Crippen LogP contribution in [0, 0.1) is 0 Å². The third-order valence-electron chi connectivity index (χ3n) is 2.58. The fourth-order valence-corrected chi connectivity index (χ4v) is 1.65. The molecule has 0 spiro atoms. The number of carbonyl (C=O) groups is 3. The van der Waals surface area contributed by atoms with Crippen molar-refractivity contribution < 1.29 is 15.8 Å². The van der Waals surface area contributed by atoms with Crippen molar-refractivity contribution in [1.29, 1.82) is 0 Å². The number of nitrogens with one attached hydrogen (secondary N) is 1. The monoisotopic (exact) mass is 220 g/mol. The highest BCUT2D eigenvalue weighted by Crippen LogP contribution is 2.22. The molecular formula is C11H12N2O3.